The number of nitrogens with one attached hydrogen (secondary N) is 1. The smallest absolute Gasteiger partial charge is 0.391 e. The van der Waals surface area contributed by atoms with Gasteiger partial charge in [0.2, 0.25) is 0 Å². The van der Waals surface area contributed by atoms with Gasteiger partial charge < -0.3 is 15.2 Å². The van der Waals surface area contributed by atoms with Crippen molar-refractivity contribution in [1.82, 2.24) is 5.32 Å². The van der Waals surface area contributed by atoms with Crippen molar-refractivity contribution >= 4 is 0 Å². The van der Waals surface area contributed by atoms with Gasteiger partial charge in [0.05, 0.1) is 19.6 Å². The van der Waals surface area contributed by atoms with Crippen LogP contribution in [0.4, 0.5) is 13.2 Å². The Kier molecular flexibility index (Phi) is 7.74. The number of likely N-dealkylation sites (N-methyl/N-ethyl adjacent to an activating group) is 1. The number of rotatable bonds is 9. The Morgan fingerprint density at radius 3 is 2.24 bits per heavy atom. The lowest BCUT2D eigenvalue weighted by atomic mass is 9.96. The molecule has 0 radical (unpaired) electrons. The second-order valence-electron chi connectivity index (χ2n) is 4.40. The average molecular weight is 257 g/mol. The summed E-state index contributed by atoms with van der Waals surface area (Å²) in [7, 11) is 1.77. The van der Waals surface area contributed by atoms with Crippen LogP contribution in [0.1, 0.15) is 32.6 Å². The predicted octanol–water partition coefficient (Wildman–Crippen LogP) is 2.10. The molecule has 0 aliphatic heterocycles. The van der Waals surface area contributed by atoms with E-state index in [0.29, 0.717) is 13.0 Å². The lowest BCUT2D eigenvalue weighted by molar-refractivity contribution is -0.145. The Hall–Kier alpha value is -0.330. The molecule has 1 atom stereocenters. The van der Waals surface area contributed by atoms with Gasteiger partial charge in [-0.25, -0.2) is 0 Å². The summed E-state index contributed by atoms with van der Waals surface area (Å²) < 4.78 is 40.2. The first kappa shape index (κ1) is 16.7. The zero-order valence-electron chi connectivity index (χ0n) is 10.4. The van der Waals surface area contributed by atoms with Crippen LogP contribution in [0.15, 0.2) is 0 Å². The van der Waals surface area contributed by atoms with Crippen molar-refractivity contribution < 1.29 is 23.0 Å². The Morgan fingerprint density at radius 1 is 1.12 bits per heavy atom. The Bertz CT molecular complexity index is 194. The number of hydrogen-bond donors (Lipinski definition) is 2. The van der Waals surface area contributed by atoms with Crippen LogP contribution in [0.5, 0.6) is 0 Å². The molecule has 17 heavy (non-hydrogen) atoms. The Balaban J connectivity index is 3.41. The molecule has 0 aliphatic carbocycles. The van der Waals surface area contributed by atoms with Gasteiger partial charge in [0.25, 0.3) is 0 Å². The maximum Gasteiger partial charge on any atom is 0.391 e. The van der Waals surface area contributed by atoms with E-state index in [2.05, 4.69) is 5.32 Å². The Labute approximate surface area is 100 Å². The number of alkyl halides is 3. The van der Waals surface area contributed by atoms with Crippen molar-refractivity contribution in [2.45, 2.75) is 44.3 Å². The molecule has 2 N–H and O–H groups in total. The fourth-order valence-corrected chi connectivity index (χ4v) is 1.29. The molecule has 0 aromatic rings. The lowest BCUT2D eigenvalue weighted by Gasteiger charge is -2.26. The number of ether oxygens (including phenoxy) is 1. The van der Waals surface area contributed by atoms with Gasteiger partial charge in [0, 0.05) is 12.1 Å². The standard InChI is InChI=1S/C11H22F3NO2/c1-10(9-16,15-2)5-3-4-7-17-8-6-11(12,13)14/h15-16H,3-9H2,1-2H3. The van der Waals surface area contributed by atoms with Gasteiger partial charge in [0.1, 0.15) is 0 Å². The number of unbranched alkanes of at least 4 members (excludes halogenated alkanes) is 1. The summed E-state index contributed by atoms with van der Waals surface area (Å²) in [4.78, 5) is 0. The maximum atomic E-state index is 11.8. The highest BCUT2D eigenvalue weighted by Gasteiger charge is 2.26. The second-order valence-corrected chi connectivity index (χ2v) is 4.40. The van der Waals surface area contributed by atoms with E-state index in [1.165, 1.54) is 0 Å². The highest BCUT2D eigenvalue weighted by Crippen LogP contribution is 2.19. The highest BCUT2D eigenvalue weighted by atomic mass is 19.4. The van der Waals surface area contributed by atoms with Crippen molar-refractivity contribution in [2.75, 3.05) is 26.9 Å². The van der Waals surface area contributed by atoms with Gasteiger partial charge >= 0.3 is 6.18 Å². The Morgan fingerprint density at radius 2 is 1.76 bits per heavy atom. The molecule has 0 fully saturated rings. The topological polar surface area (TPSA) is 41.5 Å². The number of aliphatic hydroxyl groups excluding tert-OH is 1. The molecule has 0 aromatic heterocycles. The van der Waals surface area contributed by atoms with Crippen molar-refractivity contribution in [3.8, 4) is 0 Å². The van der Waals surface area contributed by atoms with Crippen molar-refractivity contribution in [3.05, 3.63) is 0 Å². The van der Waals surface area contributed by atoms with Crippen molar-refractivity contribution in [2.24, 2.45) is 0 Å². The van der Waals surface area contributed by atoms with Crippen molar-refractivity contribution in [1.29, 1.82) is 0 Å². The monoisotopic (exact) mass is 257 g/mol. The SMILES string of the molecule is CNC(C)(CO)CCCCOCCC(F)(F)F. The van der Waals surface area contributed by atoms with Gasteiger partial charge in [-0.15, -0.1) is 0 Å². The molecular formula is C11H22F3NO2. The van der Waals surface area contributed by atoms with Gasteiger partial charge in [-0.1, -0.05) is 0 Å². The summed E-state index contributed by atoms with van der Waals surface area (Å²) in [6, 6.07) is 0. The van der Waals surface area contributed by atoms with Crippen LogP contribution in [-0.2, 0) is 4.74 Å². The minimum atomic E-state index is -4.14. The first-order valence-corrected chi connectivity index (χ1v) is 5.77. The largest absolute Gasteiger partial charge is 0.394 e. The van der Waals surface area contributed by atoms with Crippen LogP contribution >= 0.6 is 0 Å². The number of halogens is 3. The third-order valence-corrected chi connectivity index (χ3v) is 2.75. The zero-order valence-corrected chi connectivity index (χ0v) is 10.4. The quantitative estimate of drug-likeness (QED) is 0.621. The molecule has 1 unspecified atom stereocenters. The first-order valence-electron chi connectivity index (χ1n) is 5.77. The maximum absolute atomic E-state index is 11.8. The zero-order chi connectivity index (χ0) is 13.4. The molecule has 0 saturated carbocycles. The first-order chi connectivity index (χ1) is 7.83. The van der Waals surface area contributed by atoms with Gasteiger partial charge in [0.15, 0.2) is 0 Å². The van der Waals surface area contributed by atoms with Crippen LogP contribution in [0.25, 0.3) is 0 Å². The van der Waals surface area contributed by atoms with Crippen LogP contribution in [0, 0.1) is 0 Å². The van der Waals surface area contributed by atoms with Crippen LogP contribution in [0.3, 0.4) is 0 Å². The third kappa shape index (κ3) is 9.38. The number of aliphatic hydroxyl groups is 1. The summed E-state index contributed by atoms with van der Waals surface area (Å²) in [6.07, 6.45) is -2.75. The summed E-state index contributed by atoms with van der Waals surface area (Å²) in [6.45, 7) is 2.00. The molecule has 0 bridgehead atoms. The predicted molar refractivity (Wildman–Crippen MR) is 59.9 cm³/mol. The van der Waals surface area contributed by atoms with E-state index in [1.54, 1.807) is 7.05 Å². The fraction of sp³-hybridized carbons (Fsp3) is 1.00. The van der Waals surface area contributed by atoms with E-state index in [9.17, 15) is 13.2 Å². The van der Waals surface area contributed by atoms with E-state index >= 15 is 0 Å². The molecule has 6 heteroatoms. The summed E-state index contributed by atoms with van der Waals surface area (Å²) >= 11 is 0. The van der Waals surface area contributed by atoms with Gasteiger partial charge in [-0.3, -0.25) is 0 Å². The molecular weight excluding hydrogens is 235 g/mol. The van der Waals surface area contributed by atoms with Crippen LogP contribution in [-0.4, -0.2) is 43.7 Å². The summed E-state index contributed by atoms with van der Waals surface area (Å²) in [5.74, 6) is 0. The average Bonchev–Trinajstić information content (AvgIpc) is 2.26. The molecule has 104 valence electrons. The fourth-order valence-electron chi connectivity index (χ4n) is 1.29. The minimum Gasteiger partial charge on any atom is -0.394 e. The van der Waals surface area contributed by atoms with Gasteiger partial charge in [-0.2, -0.15) is 13.2 Å². The summed E-state index contributed by atoms with van der Waals surface area (Å²) in [5, 5.41) is 12.1. The van der Waals surface area contributed by atoms with Crippen LogP contribution in [0.2, 0.25) is 0 Å². The van der Waals surface area contributed by atoms with Crippen LogP contribution < -0.4 is 5.32 Å². The molecule has 3 nitrogen and oxygen atoms in total. The summed E-state index contributed by atoms with van der Waals surface area (Å²) in [5.41, 5.74) is -0.314. The molecule has 0 heterocycles. The van der Waals surface area contributed by atoms with E-state index < -0.39 is 12.6 Å². The van der Waals surface area contributed by atoms with E-state index in [1.807, 2.05) is 6.92 Å². The van der Waals surface area contributed by atoms with E-state index in [4.69, 9.17) is 9.84 Å². The molecule has 0 spiro atoms. The molecule has 0 rings (SSSR count). The molecule has 0 aromatic carbocycles. The third-order valence-electron chi connectivity index (χ3n) is 2.75. The highest BCUT2D eigenvalue weighted by molar-refractivity contribution is 4.79. The van der Waals surface area contributed by atoms with E-state index in [-0.39, 0.29) is 18.8 Å². The number of hydrogen-bond acceptors (Lipinski definition) is 3. The minimum absolute atomic E-state index is 0.0401. The molecule has 0 saturated heterocycles. The molecule has 0 amide bonds. The lowest BCUT2D eigenvalue weighted by Crippen LogP contribution is -2.43. The van der Waals surface area contributed by atoms with E-state index in [0.717, 1.165) is 12.8 Å². The second kappa shape index (κ2) is 7.89. The van der Waals surface area contributed by atoms with Gasteiger partial charge in [-0.05, 0) is 33.2 Å². The van der Waals surface area contributed by atoms with Crippen molar-refractivity contribution in [3.63, 3.8) is 0 Å². The molecule has 0 aliphatic rings. The normalized spacial score (nSPS) is 15.9.